The van der Waals surface area contributed by atoms with E-state index in [1.54, 1.807) is 25.1 Å². The van der Waals surface area contributed by atoms with Crippen LogP contribution >= 0.6 is 0 Å². The first-order chi connectivity index (χ1) is 8.45. The van der Waals surface area contributed by atoms with E-state index < -0.39 is 21.0 Å². The van der Waals surface area contributed by atoms with Crippen molar-refractivity contribution in [1.29, 1.82) is 0 Å². The molecule has 1 aromatic carbocycles. The smallest absolute Gasteiger partial charge is 0.238 e. The van der Waals surface area contributed by atoms with Crippen molar-refractivity contribution < 1.29 is 13.2 Å². The standard InChI is InChI=1S/C13H19NO3S/c1-4-10(2)12(13(15)14-3)18(16,17)11-8-6-5-7-9-11/h5-10,12H,4H2,1-3H3,(H,14,15)/t10-,12-/m1/s1. The number of hydrogen-bond acceptors (Lipinski definition) is 3. The first-order valence-electron chi connectivity index (χ1n) is 5.95. The van der Waals surface area contributed by atoms with E-state index in [-0.39, 0.29) is 10.8 Å². The molecular weight excluding hydrogens is 250 g/mol. The van der Waals surface area contributed by atoms with E-state index in [9.17, 15) is 13.2 Å². The number of nitrogens with one attached hydrogen (secondary N) is 1. The highest BCUT2D eigenvalue weighted by atomic mass is 32.2. The molecule has 0 aromatic heterocycles. The van der Waals surface area contributed by atoms with Crippen LogP contribution in [0.25, 0.3) is 0 Å². The number of sulfone groups is 1. The second kappa shape index (κ2) is 6.00. The highest BCUT2D eigenvalue weighted by molar-refractivity contribution is 7.92. The largest absolute Gasteiger partial charge is 0.358 e. The Balaban J connectivity index is 3.25. The SMILES string of the molecule is CC[C@@H](C)[C@H](C(=O)NC)S(=O)(=O)c1ccccc1. The maximum atomic E-state index is 12.5. The van der Waals surface area contributed by atoms with Crippen molar-refractivity contribution in [1.82, 2.24) is 5.32 Å². The number of benzene rings is 1. The number of carbonyl (C=O) groups excluding carboxylic acids is 1. The Morgan fingerprint density at radius 2 is 1.83 bits per heavy atom. The first-order valence-corrected chi connectivity index (χ1v) is 7.50. The van der Waals surface area contributed by atoms with E-state index in [4.69, 9.17) is 0 Å². The lowest BCUT2D eigenvalue weighted by molar-refractivity contribution is -0.121. The Labute approximate surface area is 108 Å². The molecule has 1 rings (SSSR count). The van der Waals surface area contributed by atoms with Crippen molar-refractivity contribution in [3.63, 3.8) is 0 Å². The van der Waals surface area contributed by atoms with Crippen LogP contribution in [0.4, 0.5) is 0 Å². The van der Waals surface area contributed by atoms with E-state index in [1.165, 1.54) is 19.2 Å². The minimum Gasteiger partial charge on any atom is -0.358 e. The summed E-state index contributed by atoms with van der Waals surface area (Å²) in [4.78, 5) is 12.0. The van der Waals surface area contributed by atoms with Gasteiger partial charge in [0.25, 0.3) is 0 Å². The van der Waals surface area contributed by atoms with Crippen LogP contribution in [0, 0.1) is 5.92 Å². The summed E-state index contributed by atoms with van der Waals surface area (Å²) in [5.41, 5.74) is 0. The average molecular weight is 269 g/mol. The van der Waals surface area contributed by atoms with Gasteiger partial charge in [-0.05, 0) is 18.1 Å². The molecule has 0 aliphatic rings. The summed E-state index contributed by atoms with van der Waals surface area (Å²) in [6, 6.07) is 8.10. The fraction of sp³-hybridized carbons (Fsp3) is 0.462. The molecule has 0 saturated carbocycles. The number of amides is 1. The monoisotopic (exact) mass is 269 g/mol. The van der Waals surface area contributed by atoms with Gasteiger partial charge in [0.1, 0.15) is 5.25 Å². The van der Waals surface area contributed by atoms with Gasteiger partial charge in [0, 0.05) is 7.05 Å². The Morgan fingerprint density at radius 1 is 1.28 bits per heavy atom. The van der Waals surface area contributed by atoms with E-state index in [0.717, 1.165) is 0 Å². The number of carbonyl (C=O) groups is 1. The van der Waals surface area contributed by atoms with Crippen LogP contribution in [0.1, 0.15) is 20.3 Å². The third-order valence-electron chi connectivity index (χ3n) is 3.07. The zero-order chi connectivity index (χ0) is 13.8. The zero-order valence-electron chi connectivity index (χ0n) is 10.9. The molecule has 5 heteroatoms. The van der Waals surface area contributed by atoms with Crippen LogP contribution < -0.4 is 5.32 Å². The lowest BCUT2D eigenvalue weighted by atomic mass is 10.0. The number of rotatable bonds is 5. The summed E-state index contributed by atoms with van der Waals surface area (Å²) >= 11 is 0. The third-order valence-corrected chi connectivity index (χ3v) is 5.35. The molecule has 0 aliphatic heterocycles. The van der Waals surface area contributed by atoms with Gasteiger partial charge in [0.15, 0.2) is 9.84 Å². The van der Waals surface area contributed by atoms with Crippen LogP contribution in [-0.2, 0) is 14.6 Å². The van der Waals surface area contributed by atoms with Crippen LogP contribution in [0.5, 0.6) is 0 Å². The molecule has 18 heavy (non-hydrogen) atoms. The Kier molecular flexibility index (Phi) is 4.90. The molecule has 0 heterocycles. The quantitative estimate of drug-likeness (QED) is 0.883. The fourth-order valence-electron chi connectivity index (χ4n) is 1.82. The minimum atomic E-state index is -3.64. The highest BCUT2D eigenvalue weighted by Gasteiger charge is 2.36. The van der Waals surface area contributed by atoms with Gasteiger partial charge in [-0.3, -0.25) is 4.79 Å². The molecule has 0 bridgehead atoms. The maximum Gasteiger partial charge on any atom is 0.238 e. The molecule has 0 radical (unpaired) electrons. The van der Waals surface area contributed by atoms with E-state index in [2.05, 4.69) is 5.32 Å². The average Bonchev–Trinajstić information content (AvgIpc) is 2.39. The summed E-state index contributed by atoms with van der Waals surface area (Å²) in [5, 5.41) is 1.41. The van der Waals surface area contributed by atoms with Gasteiger partial charge in [0.05, 0.1) is 4.90 Å². The zero-order valence-corrected chi connectivity index (χ0v) is 11.7. The third kappa shape index (κ3) is 2.90. The van der Waals surface area contributed by atoms with Gasteiger partial charge >= 0.3 is 0 Å². The van der Waals surface area contributed by atoms with Gasteiger partial charge in [0.2, 0.25) is 5.91 Å². The summed E-state index contributed by atoms with van der Waals surface area (Å²) < 4.78 is 24.9. The molecule has 0 spiro atoms. The van der Waals surface area contributed by atoms with Gasteiger partial charge < -0.3 is 5.32 Å². The summed E-state index contributed by atoms with van der Waals surface area (Å²) in [5.74, 6) is -0.677. The van der Waals surface area contributed by atoms with Crippen molar-refractivity contribution >= 4 is 15.7 Å². The predicted molar refractivity (Wildman–Crippen MR) is 70.9 cm³/mol. The van der Waals surface area contributed by atoms with Gasteiger partial charge in [-0.15, -0.1) is 0 Å². The second-order valence-corrected chi connectivity index (χ2v) is 6.35. The minimum absolute atomic E-state index is 0.193. The van der Waals surface area contributed by atoms with Crippen molar-refractivity contribution in [3.05, 3.63) is 30.3 Å². The van der Waals surface area contributed by atoms with Crippen molar-refractivity contribution in [2.45, 2.75) is 30.4 Å². The van der Waals surface area contributed by atoms with Crippen LogP contribution in [0.15, 0.2) is 35.2 Å². The fourth-order valence-corrected chi connectivity index (χ4v) is 3.85. The Bertz CT molecular complexity index is 496. The topological polar surface area (TPSA) is 63.2 Å². The second-order valence-electron chi connectivity index (χ2n) is 4.28. The van der Waals surface area contributed by atoms with E-state index >= 15 is 0 Å². The predicted octanol–water partition coefficient (Wildman–Crippen LogP) is 1.62. The Hall–Kier alpha value is -1.36. The van der Waals surface area contributed by atoms with E-state index in [1.807, 2.05) is 6.92 Å². The number of hydrogen-bond donors (Lipinski definition) is 1. The summed E-state index contributed by atoms with van der Waals surface area (Å²) in [7, 11) is -2.18. The van der Waals surface area contributed by atoms with Crippen molar-refractivity contribution in [3.8, 4) is 0 Å². The molecule has 1 aromatic rings. The Morgan fingerprint density at radius 3 is 2.28 bits per heavy atom. The molecular formula is C13H19NO3S. The normalized spacial score (nSPS) is 14.8. The molecule has 2 atom stereocenters. The molecule has 1 amide bonds. The maximum absolute atomic E-state index is 12.5. The van der Waals surface area contributed by atoms with E-state index in [0.29, 0.717) is 6.42 Å². The highest BCUT2D eigenvalue weighted by Crippen LogP contribution is 2.23. The first kappa shape index (κ1) is 14.7. The molecule has 0 unspecified atom stereocenters. The lowest BCUT2D eigenvalue weighted by Crippen LogP contribution is -2.42. The van der Waals surface area contributed by atoms with Crippen molar-refractivity contribution in [2.75, 3.05) is 7.05 Å². The summed E-state index contributed by atoms with van der Waals surface area (Å²) in [6.07, 6.45) is 0.629. The van der Waals surface area contributed by atoms with Crippen LogP contribution in [-0.4, -0.2) is 26.6 Å². The van der Waals surface area contributed by atoms with Gasteiger partial charge in [-0.25, -0.2) is 8.42 Å². The lowest BCUT2D eigenvalue weighted by Gasteiger charge is -2.21. The van der Waals surface area contributed by atoms with Crippen LogP contribution in [0.2, 0.25) is 0 Å². The summed E-state index contributed by atoms with van der Waals surface area (Å²) in [6.45, 7) is 3.65. The molecule has 0 saturated heterocycles. The van der Waals surface area contributed by atoms with Crippen molar-refractivity contribution in [2.24, 2.45) is 5.92 Å². The van der Waals surface area contributed by atoms with Crippen LogP contribution in [0.3, 0.4) is 0 Å². The molecule has 1 N–H and O–H groups in total. The molecule has 0 fully saturated rings. The molecule has 4 nitrogen and oxygen atoms in total. The van der Waals surface area contributed by atoms with Gasteiger partial charge in [-0.1, -0.05) is 38.5 Å². The molecule has 100 valence electrons. The van der Waals surface area contributed by atoms with Gasteiger partial charge in [-0.2, -0.15) is 0 Å². The molecule has 0 aliphatic carbocycles.